The second-order valence-corrected chi connectivity index (χ2v) is 4.62. The highest BCUT2D eigenvalue weighted by Crippen LogP contribution is 2.27. The zero-order chi connectivity index (χ0) is 13.2. The van der Waals surface area contributed by atoms with Crippen molar-refractivity contribution in [2.24, 2.45) is 7.05 Å². The van der Waals surface area contributed by atoms with Crippen molar-refractivity contribution in [3.8, 4) is 0 Å². The van der Waals surface area contributed by atoms with E-state index in [0.29, 0.717) is 0 Å². The highest BCUT2D eigenvalue weighted by molar-refractivity contribution is 5.85. The van der Waals surface area contributed by atoms with Crippen LogP contribution in [0, 0.1) is 0 Å². The molecule has 4 heteroatoms. The molecule has 1 aromatic carbocycles. The van der Waals surface area contributed by atoms with Gasteiger partial charge in [0.15, 0.2) is 0 Å². The maximum absolute atomic E-state index is 4.35. The Morgan fingerprint density at radius 3 is 2.74 bits per heavy atom. The lowest BCUT2D eigenvalue weighted by Gasteiger charge is -2.16. The van der Waals surface area contributed by atoms with E-state index in [1.165, 1.54) is 10.9 Å². The van der Waals surface area contributed by atoms with Gasteiger partial charge >= 0.3 is 0 Å². The number of hydrogen-bond donors (Lipinski definition) is 1. The first-order chi connectivity index (χ1) is 9.29. The molecular weight excluding hydrogens is 236 g/mol. The summed E-state index contributed by atoms with van der Waals surface area (Å²) in [5.74, 6) is 0. The van der Waals surface area contributed by atoms with Crippen LogP contribution in [0.5, 0.6) is 0 Å². The average Bonchev–Trinajstić information content (AvgIpc) is 2.86. The van der Waals surface area contributed by atoms with Crippen molar-refractivity contribution >= 4 is 10.8 Å². The molecule has 0 bridgehead atoms. The number of aryl methyl sites for hydroxylation is 1. The minimum atomic E-state index is 0.104. The SMILES string of the molecule is CNC(c1cnn(C)c1)c1cncc2ccccc12. The van der Waals surface area contributed by atoms with E-state index in [-0.39, 0.29) is 6.04 Å². The van der Waals surface area contributed by atoms with Crippen LogP contribution < -0.4 is 5.32 Å². The lowest BCUT2D eigenvalue weighted by molar-refractivity contribution is 0.691. The Kier molecular flexibility index (Phi) is 3.01. The fraction of sp³-hybridized carbons (Fsp3) is 0.200. The van der Waals surface area contributed by atoms with Crippen LogP contribution in [0.1, 0.15) is 17.2 Å². The van der Waals surface area contributed by atoms with E-state index < -0.39 is 0 Å². The molecule has 4 nitrogen and oxygen atoms in total. The predicted octanol–water partition coefficient (Wildman–Crippen LogP) is 2.28. The molecule has 19 heavy (non-hydrogen) atoms. The minimum Gasteiger partial charge on any atom is -0.309 e. The van der Waals surface area contributed by atoms with Gasteiger partial charge < -0.3 is 5.32 Å². The molecule has 0 aliphatic carbocycles. The molecule has 0 aliphatic rings. The largest absolute Gasteiger partial charge is 0.309 e. The molecule has 0 aliphatic heterocycles. The van der Waals surface area contributed by atoms with Gasteiger partial charge in [0.05, 0.1) is 12.2 Å². The maximum atomic E-state index is 4.35. The average molecular weight is 252 g/mol. The van der Waals surface area contributed by atoms with Gasteiger partial charge in [-0.15, -0.1) is 0 Å². The summed E-state index contributed by atoms with van der Waals surface area (Å²) in [6, 6.07) is 8.41. The predicted molar refractivity (Wildman–Crippen MR) is 75.9 cm³/mol. The Morgan fingerprint density at radius 2 is 2.00 bits per heavy atom. The number of nitrogens with one attached hydrogen (secondary N) is 1. The van der Waals surface area contributed by atoms with Crippen molar-refractivity contribution in [3.05, 3.63) is 60.2 Å². The normalized spacial score (nSPS) is 12.7. The van der Waals surface area contributed by atoms with Crippen LogP contribution in [0.25, 0.3) is 10.8 Å². The molecule has 0 spiro atoms. The van der Waals surface area contributed by atoms with Gasteiger partial charge in [0.25, 0.3) is 0 Å². The van der Waals surface area contributed by atoms with Gasteiger partial charge in [0, 0.05) is 36.6 Å². The number of fused-ring (bicyclic) bond motifs is 1. The van der Waals surface area contributed by atoms with Gasteiger partial charge in [-0.3, -0.25) is 9.67 Å². The van der Waals surface area contributed by atoms with E-state index in [4.69, 9.17) is 0 Å². The molecule has 3 aromatic rings. The monoisotopic (exact) mass is 252 g/mol. The highest BCUT2D eigenvalue weighted by atomic mass is 15.2. The van der Waals surface area contributed by atoms with Crippen LogP contribution in [0.2, 0.25) is 0 Å². The van der Waals surface area contributed by atoms with Gasteiger partial charge in [-0.05, 0) is 18.0 Å². The number of rotatable bonds is 3. The minimum absolute atomic E-state index is 0.104. The third-order valence-electron chi connectivity index (χ3n) is 3.36. The van der Waals surface area contributed by atoms with Gasteiger partial charge in [-0.2, -0.15) is 5.10 Å². The summed E-state index contributed by atoms with van der Waals surface area (Å²) in [7, 11) is 3.89. The molecule has 96 valence electrons. The van der Waals surface area contributed by atoms with Crippen molar-refractivity contribution in [1.29, 1.82) is 0 Å². The summed E-state index contributed by atoms with van der Waals surface area (Å²) < 4.78 is 1.82. The Morgan fingerprint density at radius 1 is 1.16 bits per heavy atom. The maximum Gasteiger partial charge on any atom is 0.0626 e. The standard InChI is InChI=1S/C15H16N4/c1-16-15(12-8-18-19(2)10-12)14-9-17-7-11-5-3-4-6-13(11)14/h3-10,15-16H,1-2H3. The Balaban J connectivity index is 2.16. The number of nitrogens with zero attached hydrogens (tertiary/aromatic N) is 3. The van der Waals surface area contributed by atoms with Gasteiger partial charge in [-0.25, -0.2) is 0 Å². The van der Waals surface area contributed by atoms with E-state index >= 15 is 0 Å². The molecule has 0 saturated heterocycles. The fourth-order valence-corrected chi connectivity index (χ4v) is 2.46. The molecule has 0 amide bonds. The van der Waals surface area contributed by atoms with Crippen LogP contribution in [0.3, 0.4) is 0 Å². The first-order valence-electron chi connectivity index (χ1n) is 6.28. The second-order valence-electron chi connectivity index (χ2n) is 4.62. The number of pyridine rings is 1. The summed E-state index contributed by atoms with van der Waals surface area (Å²) >= 11 is 0. The number of aromatic nitrogens is 3. The van der Waals surface area contributed by atoms with Crippen molar-refractivity contribution in [2.45, 2.75) is 6.04 Å². The van der Waals surface area contributed by atoms with E-state index in [9.17, 15) is 0 Å². The topological polar surface area (TPSA) is 42.7 Å². The number of benzene rings is 1. The fourth-order valence-electron chi connectivity index (χ4n) is 2.46. The van der Waals surface area contributed by atoms with Crippen LogP contribution in [0.4, 0.5) is 0 Å². The molecule has 0 radical (unpaired) electrons. The summed E-state index contributed by atoms with van der Waals surface area (Å²) in [5, 5.41) is 9.97. The first-order valence-corrected chi connectivity index (χ1v) is 6.28. The molecule has 1 unspecified atom stereocenters. The molecule has 1 N–H and O–H groups in total. The first kappa shape index (κ1) is 11.9. The van der Waals surface area contributed by atoms with Crippen molar-refractivity contribution in [3.63, 3.8) is 0 Å². The summed E-state index contributed by atoms with van der Waals surface area (Å²) in [6.45, 7) is 0. The molecule has 2 aromatic heterocycles. The molecule has 2 heterocycles. The van der Waals surface area contributed by atoms with E-state index in [2.05, 4.69) is 33.6 Å². The molecule has 0 saturated carbocycles. The Labute approximate surface area is 112 Å². The van der Waals surface area contributed by atoms with E-state index in [1.54, 1.807) is 0 Å². The smallest absolute Gasteiger partial charge is 0.0626 e. The molecular formula is C15H16N4. The summed E-state index contributed by atoms with van der Waals surface area (Å²) in [5.41, 5.74) is 2.32. The lowest BCUT2D eigenvalue weighted by Crippen LogP contribution is -2.17. The quantitative estimate of drug-likeness (QED) is 0.777. The van der Waals surface area contributed by atoms with Crippen LogP contribution in [-0.2, 0) is 7.05 Å². The van der Waals surface area contributed by atoms with Gasteiger partial charge in [0.2, 0.25) is 0 Å². The third kappa shape index (κ3) is 2.11. The lowest BCUT2D eigenvalue weighted by atomic mass is 9.98. The second kappa shape index (κ2) is 4.82. The van der Waals surface area contributed by atoms with Crippen molar-refractivity contribution in [2.75, 3.05) is 7.05 Å². The van der Waals surface area contributed by atoms with Crippen molar-refractivity contribution < 1.29 is 0 Å². The summed E-state index contributed by atoms with van der Waals surface area (Å²) in [6.07, 6.45) is 7.75. The Bertz CT molecular complexity index is 697. The number of hydrogen-bond acceptors (Lipinski definition) is 3. The van der Waals surface area contributed by atoms with Gasteiger partial charge in [0.1, 0.15) is 0 Å². The molecule has 3 rings (SSSR count). The van der Waals surface area contributed by atoms with Crippen LogP contribution in [0.15, 0.2) is 49.1 Å². The van der Waals surface area contributed by atoms with Crippen LogP contribution in [-0.4, -0.2) is 21.8 Å². The zero-order valence-corrected chi connectivity index (χ0v) is 11.0. The van der Waals surface area contributed by atoms with E-state index in [1.807, 2.05) is 49.6 Å². The zero-order valence-electron chi connectivity index (χ0n) is 11.0. The molecule has 0 fully saturated rings. The highest BCUT2D eigenvalue weighted by Gasteiger charge is 2.16. The third-order valence-corrected chi connectivity index (χ3v) is 3.36. The van der Waals surface area contributed by atoms with E-state index in [0.717, 1.165) is 10.9 Å². The van der Waals surface area contributed by atoms with Gasteiger partial charge in [-0.1, -0.05) is 24.3 Å². The van der Waals surface area contributed by atoms with Crippen LogP contribution >= 0.6 is 0 Å². The van der Waals surface area contributed by atoms with Crippen molar-refractivity contribution in [1.82, 2.24) is 20.1 Å². The molecule has 1 atom stereocenters. The Hall–Kier alpha value is -2.20. The summed E-state index contributed by atoms with van der Waals surface area (Å²) in [4.78, 5) is 4.35.